The summed E-state index contributed by atoms with van der Waals surface area (Å²) in [7, 11) is 0. The molecule has 0 spiro atoms. The summed E-state index contributed by atoms with van der Waals surface area (Å²) < 4.78 is 10.7. The summed E-state index contributed by atoms with van der Waals surface area (Å²) in [5.74, 6) is -1.36. The fourth-order valence-corrected chi connectivity index (χ4v) is 3.04. The molecule has 1 aromatic heterocycles. The van der Waals surface area contributed by atoms with Crippen LogP contribution in [0.2, 0.25) is 0 Å². The number of carbonyl (C=O) groups is 2. The maximum absolute atomic E-state index is 12.6. The van der Waals surface area contributed by atoms with Crippen molar-refractivity contribution in [3.63, 3.8) is 0 Å². The standard InChI is InChI=1S/C23H23NO5/c1-13(2)16-10-7-8-14(3)21(16)24-22(26)15(4)28-23(27)20-12-18(25)17-9-5-6-11-19(17)29-20/h5-13,15H,1-4H3,(H,24,26)/t15-/m0/s1. The molecule has 1 heterocycles. The van der Waals surface area contributed by atoms with Crippen LogP contribution in [0.15, 0.2) is 57.7 Å². The molecular weight excluding hydrogens is 370 g/mol. The summed E-state index contributed by atoms with van der Waals surface area (Å²) >= 11 is 0. The Kier molecular flexibility index (Phi) is 5.82. The Hall–Kier alpha value is -3.41. The molecule has 1 N–H and O–H groups in total. The van der Waals surface area contributed by atoms with Gasteiger partial charge in [0.15, 0.2) is 11.5 Å². The van der Waals surface area contributed by atoms with Crippen LogP contribution < -0.4 is 10.7 Å². The van der Waals surface area contributed by atoms with Crippen molar-refractivity contribution in [2.45, 2.75) is 39.7 Å². The average Bonchev–Trinajstić information content (AvgIpc) is 2.69. The van der Waals surface area contributed by atoms with Crippen LogP contribution in [0.3, 0.4) is 0 Å². The van der Waals surface area contributed by atoms with Gasteiger partial charge in [-0.2, -0.15) is 0 Å². The lowest BCUT2D eigenvalue weighted by molar-refractivity contribution is -0.123. The van der Waals surface area contributed by atoms with E-state index in [1.165, 1.54) is 6.92 Å². The van der Waals surface area contributed by atoms with Gasteiger partial charge in [-0.3, -0.25) is 9.59 Å². The minimum Gasteiger partial charge on any atom is -0.449 e. The number of esters is 1. The highest BCUT2D eigenvalue weighted by Crippen LogP contribution is 2.27. The normalized spacial score (nSPS) is 12.0. The quantitative estimate of drug-likeness (QED) is 0.649. The van der Waals surface area contributed by atoms with Gasteiger partial charge in [0.05, 0.1) is 5.39 Å². The smallest absolute Gasteiger partial charge is 0.375 e. The third-order valence-electron chi connectivity index (χ3n) is 4.66. The van der Waals surface area contributed by atoms with Gasteiger partial charge in [-0.05, 0) is 43.0 Å². The van der Waals surface area contributed by atoms with Crippen molar-refractivity contribution >= 4 is 28.5 Å². The molecule has 0 unspecified atom stereocenters. The highest BCUT2D eigenvalue weighted by Gasteiger charge is 2.23. The summed E-state index contributed by atoms with van der Waals surface area (Å²) in [4.78, 5) is 37.2. The Morgan fingerprint density at radius 3 is 2.48 bits per heavy atom. The van der Waals surface area contributed by atoms with E-state index in [-0.39, 0.29) is 22.7 Å². The second kappa shape index (κ2) is 8.31. The van der Waals surface area contributed by atoms with E-state index in [9.17, 15) is 14.4 Å². The first-order chi connectivity index (χ1) is 13.8. The van der Waals surface area contributed by atoms with Crippen molar-refractivity contribution in [2.24, 2.45) is 0 Å². The van der Waals surface area contributed by atoms with Crippen LogP contribution in [0.5, 0.6) is 0 Å². The zero-order valence-electron chi connectivity index (χ0n) is 16.8. The number of rotatable bonds is 5. The molecule has 0 fully saturated rings. The zero-order valence-corrected chi connectivity index (χ0v) is 16.8. The minimum atomic E-state index is -1.07. The van der Waals surface area contributed by atoms with E-state index >= 15 is 0 Å². The second-order valence-corrected chi connectivity index (χ2v) is 7.20. The van der Waals surface area contributed by atoms with E-state index in [2.05, 4.69) is 5.32 Å². The first-order valence-corrected chi connectivity index (χ1v) is 9.42. The largest absolute Gasteiger partial charge is 0.449 e. The molecule has 0 radical (unpaired) electrons. The van der Waals surface area contributed by atoms with Crippen molar-refractivity contribution in [1.82, 2.24) is 0 Å². The van der Waals surface area contributed by atoms with Gasteiger partial charge in [0.25, 0.3) is 5.91 Å². The summed E-state index contributed by atoms with van der Waals surface area (Å²) in [6.07, 6.45) is -1.07. The topological polar surface area (TPSA) is 85.6 Å². The van der Waals surface area contributed by atoms with Crippen LogP contribution in [0.4, 0.5) is 5.69 Å². The predicted molar refractivity (Wildman–Crippen MR) is 111 cm³/mol. The molecule has 3 aromatic rings. The number of carbonyl (C=O) groups excluding carboxylic acids is 2. The molecule has 0 saturated carbocycles. The molecule has 0 aliphatic carbocycles. The van der Waals surface area contributed by atoms with Crippen molar-refractivity contribution in [3.05, 3.63) is 75.6 Å². The van der Waals surface area contributed by atoms with E-state index < -0.39 is 18.0 Å². The Labute approximate surface area is 168 Å². The summed E-state index contributed by atoms with van der Waals surface area (Å²) in [5.41, 5.74) is 2.57. The van der Waals surface area contributed by atoms with E-state index in [1.54, 1.807) is 24.3 Å². The summed E-state index contributed by atoms with van der Waals surface area (Å²) in [5, 5.41) is 3.22. The molecular formula is C23H23NO5. The minimum absolute atomic E-state index is 0.218. The maximum Gasteiger partial charge on any atom is 0.375 e. The van der Waals surface area contributed by atoms with Gasteiger partial charge in [0, 0.05) is 11.8 Å². The number of hydrogen-bond donors (Lipinski definition) is 1. The fraction of sp³-hybridized carbons (Fsp3) is 0.261. The van der Waals surface area contributed by atoms with Crippen LogP contribution in [0.1, 0.15) is 48.4 Å². The average molecular weight is 393 g/mol. The molecule has 0 aliphatic heterocycles. The lowest BCUT2D eigenvalue weighted by atomic mass is 9.98. The Balaban J connectivity index is 1.77. The lowest BCUT2D eigenvalue weighted by Crippen LogP contribution is -2.31. The van der Waals surface area contributed by atoms with E-state index in [0.29, 0.717) is 11.1 Å². The first-order valence-electron chi connectivity index (χ1n) is 9.42. The van der Waals surface area contributed by atoms with Gasteiger partial charge in [0.2, 0.25) is 5.76 Å². The second-order valence-electron chi connectivity index (χ2n) is 7.20. The van der Waals surface area contributed by atoms with Gasteiger partial charge in [0.1, 0.15) is 5.58 Å². The molecule has 6 heteroatoms. The Morgan fingerprint density at radius 2 is 1.76 bits per heavy atom. The monoisotopic (exact) mass is 393 g/mol. The zero-order chi connectivity index (χ0) is 21.1. The summed E-state index contributed by atoms with van der Waals surface area (Å²) in [6, 6.07) is 13.5. The van der Waals surface area contributed by atoms with Gasteiger partial charge in [-0.1, -0.05) is 44.2 Å². The molecule has 3 rings (SSSR count). The van der Waals surface area contributed by atoms with Crippen LogP contribution in [-0.2, 0) is 9.53 Å². The van der Waals surface area contributed by atoms with Crippen LogP contribution >= 0.6 is 0 Å². The summed E-state index contributed by atoms with van der Waals surface area (Å²) in [6.45, 7) is 7.45. The number of hydrogen-bond acceptors (Lipinski definition) is 5. The van der Waals surface area contributed by atoms with Crippen LogP contribution in [0, 0.1) is 6.92 Å². The van der Waals surface area contributed by atoms with Crippen molar-refractivity contribution < 1.29 is 18.7 Å². The molecule has 0 saturated heterocycles. The van der Waals surface area contributed by atoms with Gasteiger partial charge < -0.3 is 14.5 Å². The molecule has 0 aliphatic rings. The molecule has 6 nitrogen and oxygen atoms in total. The molecule has 0 bridgehead atoms. The molecule has 1 atom stereocenters. The molecule has 2 aromatic carbocycles. The van der Waals surface area contributed by atoms with E-state index in [1.807, 2.05) is 39.0 Å². The Morgan fingerprint density at radius 1 is 1.03 bits per heavy atom. The lowest BCUT2D eigenvalue weighted by Gasteiger charge is -2.19. The van der Waals surface area contributed by atoms with Crippen LogP contribution in [0.25, 0.3) is 11.0 Å². The number of fused-ring (bicyclic) bond motifs is 1. The third-order valence-corrected chi connectivity index (χ3v) is 4.66. The highest BCUT2D eigenvalue weighted by molar-refractivity contribution is 5.98. The number of amides is 1. The van der Waals surface area contributed by atoms with Crippen LogP contribution in [-0.4, -0.2) is 18.0 Å². The van der Waals surface area contributed by atoms with Crippen molar-refractivity contribution in [3.8, 4) is 0 Å². The van der Waals surface area contributed by atoms with Gasteiger partial charge in [-0.25, -0.2) is 4.79 Å². The molecule has 150 valence electrons. The van der Waals surface area contributed by atoms with Crippen molar-refractivity contribution in [1.29, 1.82) is 0 Å². The number of ether oxygens (including phenoxy) is 1. The maximum atomic E-state index is 12.6. The SMILES string of the molecule is Cc1cccc(C(C)C)c1NC(=O)[C@H](C)OC(=O)c1cc(=O)c2ccccc2o1. The number of anilines is 1. The fourth-order valence-electron chi connectivity index (χ4n) is 3.04. The van der Waals surface area contributed by atoms with Gasteiger partial charge in [-0.15, -0.1) is 0 Å². The number of nitrogens with one attached hydrogen (secondary N) is 1. The number of aryl methyl sites for hydroxylation is 1. The molecule has 1 amide bonds. The number of benzene rings is 2. The van der Waals surface area contributed by atoms with Crippen molar-refractivity contribution in [2.75, 3.05) is 5.32 Å². The van der Waals surface area contributed by atoms with E-state index in [4.69, 9.17) is 9.15 Å². The highest BCUT2D eigenvalue weighted by atomic mass is 16.6. The van der Waals surface area contributed by atoms with Gasteiger partial charge >= 0.3 is 5.97 Å². The Bertz CT molecular complexity index is 1130. The first kappa shape index (κ1) is 20.3. The van der Waals surface area contributed by atoms with E-state index in [0.717, 1.165) is 17.2 Å². The third kappa shape index (κ3) is 4.37. The molecule has 29 heavy (non-hydrogen) atoms. The number of para-hydroxylation sites is 2. The predicted octanol–water partition coefficient (Wildman–Crippen LogP) is 4.41.